The minimum atomic E-state index is -0.659. The second kappa shape index (κ2) is 7.25. The highest BCUT2D eigenvalue weighted by molar-refractivity contribution is 5.97. The van der Waals surface area contributed by atoms with E-state index in [1.54, 1.807) is 0 Å². The summed E-state index contributed by atoms with van der Waals surface area (Å²) in [6.07, 6.45) is 5.94. The summed E-state index contributed by atoms with van der Waals surface area (Å²) >= 11 is 0. The van der Waals surface area contributed by atoms with Gasteiger partial charge in [-0.1, -0.05) is 7.43 Å². The molecule has 2 aromatic carbocycles. The van der Waals surface area contributed by atoms with Gasteiger partial charge in [-0.3, -0.25) is 9.79 Å². The zero-order valence-corrected chi connectivity index (χ0v) is 18.3. The summed E-state index contributed by atoms with van der Waals surface area (Å²) < 4.78 is 21.8. The van der Waals surface area contributed by atoms with E-state index in [4.69, 9.17) is 4.74 Å². The maximum Gasteiger partial charge on any atom is 0.309 e. The van der Waals surface area contributed by atoms with E-state index in [9.17, 15) is 14.3 Å². The summed E-state index contributed by atoms with van der Waals surface area (Å²) in [5.41, 5.74) is 6.39. The largest absolute Gasteiger partial charge is 0.481 e. The maximum atomic E-state index is 13.8. The molecule has 0 radical (unpaired) electrons. The Labute approximate surface area is 198 Å². The first-order valence-corrected chi connectivity index (χ1v) is 11.8. The fourth-order valence-electron chi connectivity index (χ4n) is 6.98. The van der Waals surface area contributed by atoms with E-state index in [1.807, 2.05) is 18.3 Å². The van der Waals surface area contributed by atoms with Crippen LogP contribution in [0.25, 0.3) is 16.6 Å². The Bertz CT molecular complexity index is 1330. The summed E-state index contributed by atoms with van der Waals surface area (Å²) in [6, 6.07) is 11.2. The van der Waals surface area contributed by atoms with Crippen molar-refractivity contribution in [2.45, 2.75) is 57.4 Å². The van der Waals surface area contributed by atoms with Gasteiger partial charge in [-0.05, 0) is 85.2 Å². The molecular weight excluding hydrogens is 431 g/mol. The van der Waals surface area contributed by atoms with Gasteiger partial charge in [-0.25, -0.2) is 4.39 Å². The number of aliphatic imine (C=N–C) groups is 1. The number of carboxylic acids is 1. The van der Waals surface area contributed by atoms with Gasteiger partial charge >= 0.3 is 5.97 Å². The van der Waals surface area contributed by atoms with Gasteiger partial charge in [0.05, 0.1) is 17.5 Å². The Kier molecular flexibility index (Phi) is 4.59. The van der Waals surface area contributed by atoms with Crippen LogP contribution in [0.5, 0.6) is 0 Å². The number of rotatable bonds is 4. The molecule has 0 atom stereocenters. The van der Waals surface area contributed by atoms with Gasteiger partial charge in [0.2, 0.25) is 0 Å². The molecule has 176 valence electrons. The molecule has 2 bridgehead atoms. The van der Waals surface area contributed by atoms with Gasteiger partial charge in [0.25, 0.3) is 0 Å². The molecule has 2 aliphatic heterocycles. The summed E-state index contributed by atoms with van der Waals surface area (Å²) in [7, 11) is 0. The molecule has 3 saturated carbocycles. The van der Waals surface area contributed by atoms with Crippen molar-refractivity contribution < 1.29 is 19.0 Å². The highest BCUT2D eigenvalue weighted by Gasteiger charge is 2.73. The standard InChI is InChI=1S/C27H25FN2O3.CH4/c28-19-1-3-20(4-2-19)30-22-10-18-12-29-11-17(18)9-21(22)23(24(30)16-5-7-33-8-6-16)26-13-27(14-26,15-26)25(31)32;/h1-4,9-10,12,16H,5-8,11,13-15H2,(H,31,32);1H4. The second-order valence-electron chi connectivity index (χ2n) is 10.4. The lowest BCUT2D eigenvalue weighted by Gasteiger charge is -2.68. The Morgan fingerprint density at radius 3 is 2.50 bits per heavy atom. The van der Waals surface area contributed by atoms with Gasteiger partial charge in [-0.15, -0.1) is 0 Å². The molecule has 8 rings (SSSR count). The molecule has 1 N–H and O–H groups in total. The molecule has 0 amide bonds. The highest BCUT2D eigenvalue weighted by Crippen LogP contribution is 2.75. The van der Waals surface area contributed by atoms with Crippen LogP contribution < -0.4 is 0 Å². The average Bonchev–Trinajstić information content (AvgIpc) is 3.34. The first kappa shape index (κ1) is 21.5. The number of carbonyl (C=O) groups is 1. The first-order valence-electron chi connectivity index (χ1n) is 11.8. The van der Waals surface area contributed by atoms with Crippen molar-refractivity contribution in [3.8, 4) is 5.69 Å². The van der Waals surface area contributed by atoms with Crippen molar-refractivity contribution in [2.24, 2.45) is 10.4 Å². The molecule has 1 saturated heterocycles. The number of aliphatic carboxylic acids is 1. The van der Waals surface area contributed by atoms with Crippen LogP contribution in [-0.2, 0) is 21.5 Å². The van der Waals surface area contributed by atoms with Crippen LogP contribution in [-0.4, -0.2) is 35.1 Å². The molecule has 0 unspecified atom stereocenters. The fraction of sp³-hybridized carbons (Fsp3) is 0.429. The molecular formula is C28H29FN2O3. The first-order chi connectivity index (χ1) is 16.0. The van der Waals surface area contributed by atoms with Crippen molar-refractivity contribution >= 4 is 23.1 Å². The van der Waals surface area contributed by atoms with Gasteiger partial charge in [0, 0.05) is 47.5 Å². The molecule has 3 heterocycles. The van der Waals surface area contributed by atoms with Crippen LogP contribution in [0, 0.1) is 11.2 Å². The molecule has 3 aliphatic carbocycles. The molecule has 6 heteroatoms. The van der Waals surface area contributed by atoms with E-state index >= 15 is 0 Å². The van der Waals surface area contributed by atoms with Crippen LogP contribution in [0.4, 0.5) is 4.39 Å². The zero-order chi connectivity index (χ0) is 22.4. The summed E-state index contributed by atoms with van der Waals surface area (Å²) in [6.45, 7) is 2.14. The van der Waals surface area contributed by atoms with Crippen molar-refractivity contribution in [1.82, 2.24) is 4.57 Å². The fourth-order valence-corrected chi connectivity index (χ4v) is 6.98. The lowest BCUT2D eigenvalue weighted by Crippen LogP contribution is -2.68. The van der Waals surface area contributed by atoms with Crippen LogP contribution in [0.1, 0.15) is 67.8 Å². The van der Waals surface area contributed by atoms with E-state index in [0.29, 0.717) is 31.7 Å². The minimum absolute atomic E-state index is 0. The van der Waals surface area contributed by atoms with Gasteiger partial charge in [0.1, 0.15) is 5.82 Å². The summed E-state index contributed by atoms with van der Waals surface area (Å²) in [5, 5.41) is 11.0. The van der Waals surface area contributed by atoms with Crippen LogP contribution in [0.3, 0.4) is 0 Å². The number of fused-ring (bicyclic) bond motifs is 2. The smallest absolute Gasteiger partial charge is 0.309 e. The van der Waals surface area contributed by atoms with E-state index in [-0.39, 0.29) is 18.7 Å². The maximum absolute atomic E-state index is 13.8. The third-order valence-corrected chi connectivity index (χ3v) is 8.46. The third-order valence-electron chi connectivity index (χ3n) is 8.46. The third kappa shape index (κ3) is 2.75. The predicted octanol–water partition coefficient (Wildman–Crippen LogP) is 5.74. The Hall–Kier alpha value is -2.99. The van der Waals surface area contributed by atoms with Crippen molar-refractivity contribution in [2.75, 3.05) is 13.2 Å². The van der Waals surface area contributed by atoms with Crippen LogP contribution >= 0.6 is 0 Å². The molecule has 5 nitrogen and oxygen atoms in total. The number of aromatic nitrogens is 1. The average molecular weight is 461 g/mol. The molecule has 5 aliphatic rings. The predicted molar refractivity (Wildman–Crippen MR) is 130 cm³/mol. The quantitative estimate of drug-likeness (QED) is 0.540. The highest BCUT2D eigenvalue weighted by atomic mass is 19.1. The van der Waals surface area contributed by atoms with Crippen LogP contribution in [0.2, 0.25) is 0 Å². The normalized spacial score (nSPS) is 27.1. The molecule has 0 spiro atoms. The number of carboxylic acid groups (broad SMARTS) is 1. The number of hydrogen-bond donors (Lipinski definition) is 1. The van der Waals surface area contributed by atoms with Crippen LogP contribution in [0.15, 0.2) is 41.4 Å². The molecule has 1 aromatic heterocycles. The number of nitrogens with zero attached hydrogens (tertiary/aromatic N) is 2. The molecule has 3 aromatic rings. The Morgan fingerprint density at radius 2 is 1.82 bits per heavy atom. The Morgan fingerprint density at radius 1 is 1.12 bits per heavy atom. The number of ether oxygens (including phenoxy) is 1. The van der Waals surface area contributed by atoms with E-state index < -0.39 is 11.4 Å². The SMILES string of the molecule is C.O=C(O)C12CC(c3c(C4CCOCC4)n(-c4ccc(F)cc4)c4cc5c(cc34)CN=C5)(C1)C2. The number of benzene rings is 2. The van der Waals surface area contributed by atoms with Gasteiger partial charge < -0.3 is 14.4 Å². The number of hydrogen-bond acceptors (Lipinski definition) is 3. The summed E-state index contributed by atoms with van der Waals surface area (Å²) in [5.74, 6) is -0.586. The second-order valence-corrected chi connectivity index (χ2v) is 10.4. The van der Waals surface area contributed by atoms with Gasteiger partial charge in [0.15, 0.2) is 0 Å². The number of halogens is 1. The van der Waals surface area contributed by atoms with Crippen molar-refractivity contribution in [1.29, 1.82) is 0 Å². The van der Waals surface area contributed by atoms with Gasteiger partial charge in [-0.2, -0.15) is 0 Å². The Balaban J connectivity index is 0.00000217. The summed E-state index contributed by atoms with van der Waals surface area (Å²) in [4.78, 5) is 16.4. The topological polar surface area (TPSA) is 63.8 Å². The lowest BCUT2D eigenvalue weighted by molar-refractivity contribution is -0.194. The van der Waals surface area contributed by atoms with E-state index in [2.05, 4.69) is 21.7 Å². The van der Waals surface area contributed by atoms with Crippen molar-refractivity contribution in [3.05, 3.63) is 64.6 Å². The van der Waals surface area contributed by atoms with E-state index in [1.165, 1.54) is 34.3 Å². The zero-order valence-electron chi connectivity index (χ0n) is 18.3. The molecule has 4 fully saturated rings. The van der Waals surface area contributed by atoms with Crippen molar-refractivity contribution in [3.63, 3.8) is 0 Å². The molecule has 34 heavy (non-hydrogen) atoms. The lowest BCUT2D eigenvalue weighted by atomic mass is 9.33. The monoisotopic (exact) mass is 460 g/mol. The van der Waals surface area contributed by atoms with E-state index in [0.717, 1.165) is 42.8 Å². The minimum Gasteiger partial charge on any atom is -0.481 e.